The normalized spacial score (nSPS) is 11.3. The first-order valence-electron chi connectivity index (χ1n) is 6.05. The molecule has 0 radical (unpaired) electrons. The van der Waals surface area contributed by atoms with Gasteiger partial charge in [-0.25, -0.2) is 8.42 Å². The van der Waals surface area contributed by atoms with E-state index in [4.69, 9.17) is 33.7 Å². The summed E-state index contributed by atoms with van der Waals surface area (Å²) in [5, 5.41) is 0.509. The highest BCUT2D eigenvalue weighted by atomic mass is 35.5. The molecule has 112 valence electrons. The predicted molar refractivity (Wildman–Crippen MR) is 84.9 cm³/mol. The van der Waals surface area contributed by atoms with Gasteiger partial charge in [-0.15, -0.1) is 0 Å². The minimum Gasteiger partial charge on any atom is -0.490 e. The molecule has 0 spiro atoms. The second kappa shape index (κ2) is 6.56. The van der Waals surface area contributed by atoms with Gasteiger partial charge >= 0.3 is 0 Å². The first-order valence-corrected chi connectivity index (χ1v) is 8.46. The molecule has 2 aromatic rings. The average molecular weight is 346 g/mol. The number of hydrogen-bond donors (Lipinski definition) is 1. The smallest absolute Gasteiger partial charge is 0.181 e. The SMILES string of the molecule is Nc1ccccc1OCCS(=O)(=O)c1ccc(Cl)c(Cl)c1. The number of anilines is 1. The van der Waals surface area contributed by atoms with Crippen LogP contribution in [0.1, 0.15) is 0 Å². The summed E-state index contributed by atoms with van der Waals surface area (Å²) in [5.41, 5.74) is 6.17. The van der Waals surface area contributed by atoms with Gasteiger partial charge in [0.1, 0.15) is 12.4 Å². The molecule has 0 aliphatic heterocycles. The molecule has 0 aromatic heterocycles. The van der Waals surface area contributed by atoms with Crippen molar-refractivity contribution in [3.8, 4) is 5.75 Å². The summed E-state index contributed by atoms with van der Waals surface area (Å²) in [6.45, 7) is -0.00318. The van der Waals surface area contributed by atoms with Gasteiger partial charge in [0, 0.05) is 0 Å². The van der Waals surface area contributed by atoms with E-state index in [1.54, 1.807) is 24.3 Å². The van der Waals surface area contributed by atoms with E-state index < -0.39 is 9.84 Å². The third-order valence-electron chi connectivity index (χ3n) is 2.78. The average Bonchev–Trinajstić information content (AvgIpc) is 2.44. The van der Waals surface area contributed by atoms with Crippen molar-refractivity contribution in [3.05, 3.63) is 52.5 Å². The summed E-state index contributed by atoms with van der Waals surface area (Å²) in [6.07, 6.45) is 0. The van der Waals surface area contributed by atoms with Gasteiger partial charge in [0.25, 0.3) is 0 Å². The molecule has 0 atom stereocenters. The lowest BCUT2D eigenvalue weighted by atomic mass is 10.3. The number of hydrogen-bond acceptors (Lipinski definition) is 4. The molecule has 0 bridgehead atoms. The molecule has 0 saturated heterocycles. The highest BCUT2D eigenvalue weighted by Crippen LogP contribution is 2.25. The fourth-order valence-electron chi connectivity index (χ4n) is 1.66. The van der Waals surface area contributed by atoms with Crippen LogP contribution in [0.3, 0.4) is 0 Å². The summed E-state index contributed by atoms with van der Waals surface area (Å²) in [7, 11) is -3.49. The van der Waals surface area contributed by atoms with Gasteiger partial charge in [0.05, 0.1) is 26.4 Å². The Bertz CT molecular complexity index is 748. The van der Waals surface area contributed by atoms with Crippen LogP contribution in [0.5, 0.6) is 5.75 Å². The van der Waals surface area contributed by atoms with E-state index in [9.17, 15) is 8.42 Å². The monoisotopic (exact) mass is 345 g/mol. The summed E-state index contributed by atoms with van der Waals surface area (Å²) < 4.78 is 29.7. The van der Waals surface area contributed by atoms with Gasteiger partial charge in [-0.1, -0.05) is 35.3 Å². The maximum atomic E-state index is 12.2. The zero-order valence-corrected chi connectivity index (χ0v) is 13.3. The van der Waals surface area contributed by atoms with Crippen LogP contribution in [0.2, 0.25) is 10.0 Å². The van der Waals surface area contributed by atoms with E-state index in [-0.39, 0.29) is 22.3 Å². The molecule has 0 saturated carbocycles. The van der Waals surface area contributed by atoms with Gasteiger partial charge in [0.15, 0.2) is 9.84 Å². The van der Waals surface area contributed by atoms with E-state index in [2.05, 4.69) is 0 Å². The fourth-order valence-corrected chi connectivity index (χ4v) is 3.14. The second-order valence-corrected chi connectivity index (χ2v) is 7.20. The van der Waals surface area contributed by atoms with Crippen molar-refractivity contribution in [2.75, 3.05) is 18.1 Å². The van der Waals surface area contributed by atoms with Gasteiger partial charge in [-0.2, -0.15) is 0 Å². The number of sulfone groups is 1. The summed E-state index contributed by atoms with van der Waals surface area (Å²) in [6, 6.07) is 11.1. The molecule has 4 nitrogen and oxygen atoms in total. The van der Waals surface area contributed by atoms with Crippen LogP contribution in [0.15, 0.2) is 47.4 Å². The van der Waals surface area contributed by atoms with Crippen molar-refractivity contribution in [1.82, 2.24) is 0 Å². The van der Waals surface area contributed by atoms with Crippen molar-refractivity contribution in [2.24, 2.45) is 0 Å². The number of ether oxygens (including phenoxy) is 1. The van der Waals surface area contributed by atoms with E-state index >= 15 is 0 Å². The Kier molecular flexibility index (Phi) is 4.98. The van der Waals surface area contributed by atoms with Crippen LogP contribution in [0.4, 0.5) is 5.69 Å². The molecule has 21 heavy (non-hydrogen) atoms. The minimum atomic E-state index is -3.49. The predicted octanol–water partition coefficient (Wildman–Crippen LogP) is 3.43. The molecule has 2 aromatic carbocycles. The number of para-hydroxylation sites is 2. The topological polar surface area (TPSA) is 69.4 Å². The van der Waals surface area contributed by atoms with Crippen molar-refractivity contribution in [2.45, 2.75) is 4.90 Å². The highest BCUT2D eigenvalue weighted by molar-refractivity contribution is 7.91. The zero-order chi connectivity index (χ0) is 15.5. The van der Waals surface area contributed by atoms with Gasteiger partial charge < -0.3 is 10.5 Å². The van der Waals surface area contributed by atoms with E-state index in [1.165, 1.54) is 18.2 Å². The molecule has 0 unspecified atom stereocenters. The molecule has 2 N–H and O–H groups in total. The summed E-state index contributed by atoms with van der Waals surface area (Å²) >= 11 is 11.6. The second-order valence-electron chi connectivity index (χ2n) is 4.28. The maximum Gasteiger partial charge on any atom is 0.181 e. The highest BCUT2D eigenvalue weighted by Gasteiger charge is 2.16. The molecular formula is C14H13Cl2NO3S. The first kappa shape index (κ1) is 15.9. The van der Waals surface area contributed by atoms with Gasteiger partial charge in [0.2, 0.25) is 0 Å². The third-order valence-corrected chi connectivity index (χ3v) is 5.19. The number of rotatable bonds is 5. The van der Waals surface area contributed by atoms with Gasteiger partial charge in [-0.3, -0.25) is 0 Å². The molecular weight excluding hydrogens is 333 g/mol. The Hall–Kier alpha value is -1.43. The van der Waals surface area contributed by atoms with Crippen LogP contribution in [-0.2, 0) is 9.84 Å². The number of nitrogen functional groups attached to an aromatic ring is 1. The quantitative estimate of drug-likeness (QED) is 0.842. The maximum absolute atomic E-state index is 12.2. The zero-order valence-electron chi connectivity index (χ0n) is 10.9. The number of nitrogens with two attached hydrogens (primary N) is 1. The fraction of sp³-hybridized carbons (Fsp3) is 0.143. The van der Waals surface area contributed by atoms with Crippen molar-refractivity contribution in [3.63, 3.8) is 0 Å². The van der Waals surface area contributed by atoms with E-state index in [1.807, 2.05) is 0 Å². The Morgan fingerprint density at radius 1 is 1.05 bits per heavy atom. The lowest BCUT2D eigenvalue weighted by Gasteiger charge is -2.09. The molecule has 0 aliphatic carbocycles. The molecule has 0 heterocycles. The minimum absolute atomic E-state index is 0.00318. The standard InChI is InChI=1S/C14H13Cl2NO3S/c15-11-6-5-10(9-12(11)16)21(18,19)8-7-20-14-4-2-1-3-13(14)17/h1-6,9H,7-8,17H2. The number of halogens is 2. The molecule has 0 fully saturated rings. The lowest BCUT2D eigenvalue weighted by molar-refractivity contribution is 0.342. The summed E-state index contributed by atoms with van der Waals surface area (Å²) in [4.78, 5) is 0.113. The largest absolute Gasteiger partial charge is 0.490 e. The van der Waals surface area contributed by atoms with Crippen molar-refractivity contribution < 1.29 is 13.2 Å². The number of benzene rings is 2. The first-order chi connectivity index (χ1) is 9.90. The van der Waals surface area contributed by atoms with Crippen molar-refractivity contribution >= 4 is 38.7 Å². The van der Waals surface area contributed by atoms with Gasteiger partial charge in [-0.05, 0) is 30.3 Å². The van der Waals surface area contributed by atoms with Crippen LogP contribution < -0.4 is 10.5 Å². The van der Waals surface area contributed by atoms with E-state index in [0.29, 0.717) is 16.5 Å². The molecule has 2 rings (SSSR count). The lowest BCUT2D eigenvalue weighted by Crippen LogP contribution is -2.14. The molecule has 7 heteroatoms. The Morgan fingerprint density at radius 2 is 1.76 bits per heavy atom. The Balaban J connectivity index is 2.05. The van der Waals surface area contributed by atoms with Crippen LogP contribution >= 0.6 is 23.2 Å². The van der Waals surface area contributed by atoms with Crippen LogP contribution in [-0.4, -0.2) is 20.8 Å². The van der Waals surface area contributed by atoms with Crippen LogP contribution in [0.25, 0.3) is 0 Å². The van der Waals surface area contributed by atoms with Crippen molar-refractivity contribution in [1.29, 1.82) is 0 Å². The van der Waals surface area contributed by atoms with Crippen LogP contribution in [0, 0.1) is 0 Å². The Morgan fingerprint density at radius 3 is 2.43 bits per heavy atom. The third kappa shape index (κ3) is 4.03. The summed E-state index contributed by atoms with van der Waals surface area (Å²) in [5.74, 6) is 0.279. The molecule has 0 amide bonds. The van der Waals surface area contributed by atoms with E-state index in [0.717, 1.165) is 0 Å². The molecule has 0 aliphatic rings. The Labute approximate surface area is 133 Å².